The number of para-hydroxylation sites is 1. The molecule has 0 radical (unpaired) electrons. The van der Waals surface area contributed by atoms with E-state index in [1.54, 1.807) is 24.3 Å². The molecule has 0 fully saturated rings. The Morgan fingerprint density at radius 2 is 1.68 bits per heavy atom. The van der Waals surface area contributed by atoms with Gasteiger partial charge in [0.15, 0.2) is 0 Å². The number of amides is 2. The number of benzene rings is 2. The van der Waals surface area contributed by atoms with Crippen molar-refractivity contribution in [3.8, 4) is 0 Å². The van der Waals surface area contributed by atoms with Crippen molar-refractivity contribution >= 4 is 11.7 Å². The summed E-state index contributed by atoms with van der Waals surface area (Å²) in [6.07, 6.45) is -0.427. The van der Waals surface area contributed by atoms with E-state index < -0.39 is 29.5 Å². The molecular formula is C16H16F2N2O2. The lowest BCUT2D eigenvalue weighted by atomic mass is 10.1. The maximum absolute atomic E-state index is 13.4. The molecule has 0 aromatic heterocycles. The third-order valence-electron chi connectivity index (χ3n) is 3.09. The number of urea groups is 1. The van der Waals surface area contributed by atoms with Gasteiger partial charge in [0.05, 0.1) is 6.10 Å². The molecule has 0 aliphatic heterocycles. The molecule has 1 unspecified atom stereocenters. The number of anilines is 1. The monoisotopic (exact) mass is 306 g/mol. The van der Waals surface area contributed by atoms with E-state index in [-0.39, 0.29) is 13.0 Å². The summed E-state index contributed by atoms with van der Waals surface area (Å²) in [5.74, 6) is -1.70. The van der Waals surface area contributed by atoms with Crippen LogP contribution in [0, 0.1) is 11.6 Å². The van der Waals surface area contributed by atoms with Gasteiger partial charge in [0.2, 0.25) is 0 Å². The molecule has 2 amide bonds. The Kier molecular flexibility index (Phi) is 5.43. The molecular weight excluding hydrogens is 290 g/mol. The zero-order valence-electron chi connectivity index (χ0n) is 11.7. The first kappa shape index (κ1) is 15.9. The summed E-state index contributed by atoms with van der Waals surface area (Å²) in [6.45, 7) is 0.165. The van der Waals surface area contributed by atoms with Gasteiger partial charge in [0.25, 0.3) is 0 Å². The fourth-order valence-electron chi connectivity index (χ4n) is 1.94. The van der Waals surface area contributed by atoms with Gasteiger partial charge in [-0.25, -0.2) is 13.6 Å². The van der Waals surface area contributed by atoms with Crippen molar-refractivity contribution in [1.29, 1.82) is 0 Å². The number of hydrogen-bond donors (Lipinski definition) is 3. The van der Waals surface area contributed by atoms with Gasteiger partial charge in [-0.2, -0.15) is 0 Å². The molecule has 0 spiro atoms. The predicted octanol–water partition coefficient (Wildman–Crippen LogP) is 3.21. The van der Waals surface area contributed by atoms with Crippen LogP contribution in [0.5, 0.6) is 0 Å². The maximum Gasteiger partial charge on any atom is 0.319 e. The minimum absolute atomic E-state index is 0.165. The predicted molar refractivity (Wildman–Crippen MR) is 79.4 cm³/mol. The topological polar surface area (TPSA) is 61.4 Å². The Balaban J connectivity index is 1.81. The summed E-state index contributed by atoms with van der Waals surface area (Å²) in [5, 5.41) is 14.5. The fraction of sp³-hybridized carbons (Fsp3) is 0.188. The number of aliphatic hydroxyl groups is 1. The SMILES string of the molecule is O=C(NCCC(O)c1ccccc1)Nc1c(F)cccc1F. The number of carbonyl (C=O) groups excluding carboxylic acids is 1. The molecule has 1 atom stereocenters. The van der Waals surface area contributed by atoms with Crippen LogP contribution in [0.3, 0.4) is 0 Å². The molecule has 0 saturated carbocycles. The van der Waals surface area contributed by atoms with Crippen molar-refractivity contribution in [1.82, 2.24) is 5.32 Å². The molecule has 22 heavy (non-hydrogen) atoms. The summed E-state index contributed by atoms with van der Waals surface area (Å²) in [7, 11) is 0. The highest BCUT2D eigenvalue weighted by atomic mass is 19.1. The number of nitrogens with one attached hydrogen (secondary N) is 2. The van der Waals surface area contributed by atoms with Crippen LogP contribution in [0.1, 0.15) is 18.1 Å². The van der Waals surface area contributed by atoms with Gasteiger partial charge < -0.3 is 15.7 Å². The highest BCUT2D eigenvalue weighted by Gasteiger charge is 2.12. The van der Waals surface area contributed by atoms with Crippen molar-refractivity contribution in [2.24, 2.45) is 0 Å². The van der Waals surface area contributed by atoms with Crippen LogP contribution in [-0.2, 0) is 0 Å². The summed E-state index contributed by atoms with van der Waals surface area (Å²) in [4.78, 5) is 11.6. The lowest BCUT2D eigenvalue weighted by Gasteiger charge is -2.12. The average Bonchev–Trinajstić information content (AvgIpc) is 2.52. The third kappa shape index (κ3) is 4.26. The van der Waals surface area contributed by atoms with Crippen LogP contribution in [0.25, 0.3) is 0 Å². The van der Waals surface area contributed by atoms with Crippen molar-refractivity contribution < 1.29 is 18.7 Å². The highest BCUT2D eigenvalue weighted by molar-refractivity contribution is 5.89. The molecule has 0 heterocycles. The molecule has 116 valence electrons. The van der Waals surface area contributed by atoms with E-state index in [0.29, 0.717) is 0 Å². The fourth-order valence-corrected chi connectivity index (χ4v) is 1.94. The summed E-state index contributed by atoms with van der Waals surface area (Å²) < 4.78 is 26.7. The Hall–Kier alpha value is -2.47. The van der Waals surface area contributed by atoms with Crippen LogP contribution in [0.15, 0.2) is 48.5 Å². The van der Waals surface area contributed by atoms with Gasteiger partial charge in [0.1, 0.15) is 17.3 Å². The number of halogens is 2. The molecule has 0 bridgehead atoms. The molecule has 0 aliphatic rings. The third-order valence-corrected chi connectivity index (χ3v) is 3.09. The molecule has 3 N–H and O–H groups in total. The second-order valence-corrected chi connectivity index (χ2v) is 4.69. The van der Waals surface area contributed by atoms with E-state index in [1.807, 2.05) is 6.07 Å². The van der Waals surface area contributed by atoms with E-state index in [0.717, 1.165) is 17.7 Å². The number of rotatable bonds is 5. The molecule has 0 aliphatic carbocycles. The van der Waals surface area contributed by atoms with E-state index >= 15 is 0 Å². The van der Waals surface area contributed by atoms with E-state index in [9.17, 15) is 18.7 Å². The van der Waals surface area contributed by atoms with Crippen LogP contribution >= 0.6 is 0 Å². The van der Waals surface area contributed by atoms with Gasteiger partial charge in [0, 0.05) is 6.54 Å². The minimum atomic E-state index is -0.848. The number of aliphatic hydroxyl groups excluding tert-OH is 1. The van der Waals surface area contributed by atoms with Crippen molar-refractivity contribution in [3.05, 3.63) is 65.7 Å². The summed E-state index contributed by atoms with van der Waals surface area (Å²) in [6, 6.07) is 11.6. The number of carbonyl (C=O) groups is 1. The molecule has 2 aromatic rings. The Morgan fingerprint density at radius 1 is 1.05 bits per heavy atom. The quantitative estimate of drug-likeness (QED) is 0.794. The summed E-state index contributed by atoms with van der Waals surface area (Å²) in [5.41, 5.74) is 0.244. The van der Waals surface area contributed by atoms with E-state index in [2.05, 4.69) is 10.6 Å². The van der Waals surface area contributed by atoms with Crippen LogP contribution in [0.2, 0.25) is 0 Å². The molecule has 6 heteroatoms. The molecule has 4 nitrogen and oxygen atoms in total. The zero-order chi connectivity index (χ0) is 15.9. The highest BCUT2D eigenvalue weighted by Crippen LogP contribution is 2.18. The maximum atomic E-state index is 13.4. The first-order chi connectivity index (χ1) is 10.6. The van der Waals surface area contributed by atoms with Crippen LogP contribution in [0.4, 0.5) is 19.3 Å². The van der Waals surface area contributed by atoms with Gasteiger partial charge >= 0.3 is 6.03 Å². The lowest BCUT2D eigenvalue weighted by molar-refractivity contribution is 0.167. The molecule has 0 saturated heterocycles. The Morgan fingerprint density at radius 3 is 2.32 bits per heavy atom. The first-order valence-corrected chi connectivity index (χ1v) is 6.80. The van der Waals surface area contributed by atoms with Gasteiger partial charge in [-0.15, -0.1) is 0 Å². The number of hydrogen-bond acceptors (Lipinski definition) is 2. The van der Waals surface area contributed by atoms with Gasteiger partial charge in [-0.05, 0) is 24.1 Å². The van der Waals surface area contributed by atoms with Crippen LogP contribution in [-0.4, -0.2) is 17.7 Å². The standard InChI is InChI=1S/C16H16F2N2O2/c17-12-7-4-8-13(18)15(12)20-16(22)19-10-9-14(21)11-5-2-1-3-6-11/h1-8,14,21H,9-10H2,(H2,19,20,22). The lowest BCUT2D eigenvalue weighted by Crippen LogP contribution is -2.31. The second-order valence-electron chi connectivity index (χ2n) is 4.69. The molecule has 2 aromatic carbocycles. The first-order valence-electron chi connectivity index (χ1n) is 6.80. The normalized spacial score (nSPS) is 11.8. The van der Waals surface area contributed by atoms with Gasteiger partial charge in [-0.1, -0.05) is 36.4 Å². The largest absolute Gasteiger partial charge is 0.388 e. The van der Waals surface area contributed by atoms with Gasteiger partial charge in [-0.3, -0.25) is 0 Å². The minimum Gasteiger partial charge on any atom is -0.388 e. The van der Waals surface area contributed by atoms with Crippen molar-refractivity contribution in [3.63, 3.8) is 0 Å². The van der Waals surface area contributed by atoms with E-state index in [1.165, 1.54) is 6.07 Å². The molecule has 2 rings (SSSR count). The smallest absolute Gasteiger partial charge is 0.319 e. The Bertz CT molecular complexity index is 615. The van der Waals surface area contributed by atoms with Crippen LogP contribution < -0.4 is 10.6 Å². The van der Waals surface area contributed by atoms with Crippen molar-refractivity contribution in [2.45, 2.75) is 12.5 Å². The Labute approximate surface area is 126 Å². The second kappa shape index (κ2) is 7.51. The average molecular weight is 306 g/mol. The van der Waals surface area contributed by atoms with Crippen molar-refractivity contribution in [2.75, 3.05) is 11.9 Å². The van der Waals surface area contributed by atoms with E-state index in [4.69, 9.17) is 0 Å². The zero-order valence-corrected chi connectivity index (χ0v) is 11.7. The summed E-state index contributed by atoms with van der Waals surface area (Å²) >= 11 is 0.